The van der Waals surface area contributed by atoms with E-state index in [0.29, 0.717) is 34.1 Å². The van der Waals surface area contributed by atoms with Gasteiger partial charge in [-0.15, -0.1) is 0 Å². The summed E-state index contributed by atoms with van der Waals surface area (Å²) in [4.78, 5) is 17.8. The van der Waals surface area contributed by atoms with Gasteiger partial charge in [-0.3, -0.25) is 4.79 Å². The standard InChI is InChI=1S/C26H23N3O4/c1-31-18-13-24(32-2)21(25(14-18)33-3)16-27-29-26(30)20-15-23(17-9-5-4-6-10-17)28-22-12-8-7-11-19(20)22/h4-16H,1-3H3,(H,29,30)/b27-16-. The molecule has 0 fully saturated rings. The number of hydrogen-bond donors (Lipinski definition) is 1. The van der Waals surface area contributed by atoms with Gasteiger partial charge in [0.25, 0.3) is 5.91 Å². The molecular formula is C26H23N3O4. The minimum absolute atomic E-state index is 0.353. The number of hydrogen-bond acceptors (Lipinski definition) is 6. The molecule has 0 saturated carbocycles. The van der Waals surface area contributed by atoms with Gasteiger partial charge in [0.2, 0.25) is 0 Å². The Morgan fingerprint density at radius 3 is 2.21 bits per heavy atom. The van der Waals surface area contributed by atoms with Crippen molar-refractivity contribution in [2.45, 2.75) is 0 Å². The summed E-state index contributed by atoms with van der Waals surface area (Å²) in [5, 5.41) is 4.89. The van der Waals surface area contributed by atoms with E-state index in [1.165, 1.54) is 6.21 Å². The van der Waals surface area contributed by atoms with Crippen LogP contribution >= 0.6 is 0 Å². The Bertz CT molecular complexity index is 1290. The van der Waals surface area contributed by atoms with Crippen LogP contribution in [0.1, 0.15) is 15.9 Å². The molecule has 0 radical (unpaired) electrons. The van der Waals surface area contributed by atoms with E-state index in [0.717, 1.165) is 16.5 Å². The monoisotopic (exact) mass is 441 g/mol. The molecule has 0 atom stereocenters. The Labute approximate surface area is 191 Å². The number of aromatic nitrogens is 1. The van der Waals surface area contributed by atoms with Gasteiger partial charge in [-0.05, 0) is 12.1 Å². The molecule has 1 aromatic heterocycles. The number of nitrogens with one attached hydrogen (secondary N) is 1. The van der Waals surface area contributed by atoms with Gasteiger partial charge in [-0.1, -0.05) is 48.5 Å². The molecule has 166 valence electrons. The molecule has 4 aromatic rings. The third-order valence-corrected chi connectivity index (χ3v) is 5.14. The summed E-state index contributed by atoms with van der Waals surface area (Å²) in [6, 6.07) is 22.5. The Morgan fingerprint density at radius 2 is 1.55 bits per heavy atom. The molecule has 4 rings (SSSR count). The number of nitrogens with zero attached hydrogens (tertiary/aromatic N) is 2. The van der Waals surface area contributed by atoms with Gasteiger partial charge in [-0.2, -0.15) is 5.10 Å². The fraction of sp³-hybridized carbons (Fsp3) is 0.115. The molecule has 3 aromatic carbocycles. The first kappa shape index (κ1) is 21.8. The third-order valence-electron chi connectivity index (χ3n) is 5.14. The highest BCUT2D eigenvalue weighted by molar-refractivity contribution is 6.07. The molecule has 33 heavy (non-hydrogen) atoms. The van der Waals surface area contributed by atoms with Crippen LogP contribution in [0.4, 0.5) is 0 Å². The van der Waals surface area contributed by atoms with E-state index >= 15 is 0 Å². The predicted molar refractivity (Wildman–Crippen MR) is 128 cm³/mol. The van der Waals surface area contributed by atoms with Crippen LogP contribution < -0.4 is 19.6 Å². The maximum Gasteiger partial charge on any atom is 0.272 e. The van der Waals surface area contributed by atoms with Gasteiger partial charge in [0.15, 0.2) is 0 Å². The highest BCUT2D eigenvalue weighted by Gasteiger charge is 2.15. The maximum absolute atomic E-state index is 13.1. The molecule has 0 bridgehead atoms. The van der Waals surface area contributed by atoms with Crippen LogP contribution in [0, 0.1) is 0 Å². The highest BCUT2D eigenvalue weighted by Crippen LogP contribution is 2.32. The van der Waals surface area contributed by atoms with Crippen molar-refractivity contribution in [2.75, 3.05) is 21.3 Å². The summed E-state index contributed by atoms with van der Waals surface area (Å²) < 4.78 is 16.1. The average Bonchev–Trinajstić information content (AvgIpc) is 2.88. The van der Waals surface area contributed by atoms with Crippen molar-refractivity contribution in [1.82, 2.24) is 10.4 Å². The second-order valence-electron chi connectivity index (χ2n) is 7.08. The highest BCUT2D eigenvalue weighted by atomic mass is 16.5. The van der Waals surface area contributed by atoms with Crippen LogP contribution in [-0.4, -0.2) is 38.4 Å². The van der Waals surface area contributed by atoms with E-state index in [1.54, 1.807) is 39.5 Å². The van der Waals surface area contributed by atoms with E-state index in [9.17, 15) is 4.79 Å². The van der Waals surface area contributed by atoms with E-state index in [4.69, 9.17) is 19.2 Å². The first-order valence-electron chi connectivity index (χ1n) is 10.2. The quantitative estimate of drug-likeness (QED) is 0.332. The van der Waals surface area contributed by atoms with E-state index in [1.807, 2.05) is 54.6 Å². The molecule has 0 saturated heterocycles. The molecule has 1 N–H and O–H groups in total. The van der Waals surface area contributed by atoms with Crippen LogP contribution in [0.15, 0.2) is 77.9 Å². The topological polar surface area (TPSA) is 82.0 Å². The first-order chi connectivity index (χ1) is 16.1. The van der Waals surface area contributed by atoms with Crippen molar-refractivity contribution in [3.8, 4) is 28.5 Å². The molecule has 7 nitrogen and oxygen atoms in total. The molecule has 0 unspecified atom stereocenters. The summed E-state index contributed by atoms with van der Waals surface area (Å²) in [7, 11) is 4.64. The molecule has 0 aliphatic rings. The fourth-order valence-electron chi connectivity index (χ4n) is 3.50. The third kappa shape index (κ3) is 4.62. The Kier molecular flexibility index (Phi) is 6.50. The van der Waals surface area contributed by atoms with E-state index in [2.05, 4.69) is 10.5 Å². The number of hydrazone groups is 1. The smallest absolute Gasteiger partial charge is 0.272 e. The van der Waals surface area contributed by atoms with E-state index in [-0.39, 0.29) is 5.91 Å². The zero-order valence-corrected chi connectivity index (χ0v) is 18.5. The lowest BCUT2D eigenvalue weighted by Crippen LogP contribution is -2.18. The largest absolute Gasteiger partial charge is 0.496 e. The molecular weight excluding hydrogens is 418 g/mol. The lowest BCUT2D eigenvalue weighted by Gasteiger charge is -2.12. The normalized spacial score (nSPS) is 10.9. The van der Waals surface area contributed by atoms with Crippen LogP contribution in [0.25, 0.3) is 22.2 Å². The summed E-state index contributed by atoms with van der Waals surface area (Å²) in [6.07, 6.45) is 1.48. The van der Waals surface area contributed by atoms with Crippen LogP contribution in [-0.2, 0) is 0 Å². The number of benzene rings is 3. The number of fused-ring (bicyclic) bond motifs is 1. The summed E-state index contributed by atoms with van der Waals surface area (Å²) in [5.41, 5.74) is 6.02. The lowest BCUT2D eigenvalue weighted by atomic mass is 10.0. The van der Waals surface area contributed by atoms with Gasteiger partial charge in [0.05, 0.1) is 49.9 Å². The van der Waals surface area contributed by atoms with Crippen LogP contribution in [0.2, 0.25) is 0 Å². The maximum atomic E-state index is 13.1. The Balaban J connectivity index is 1.67. The SMILES string of the molecule is COc1cc(OC)c(/C=N\NC(=O)c2cc(-c3ccccc3)nc3ccccc23)c(OC)c1. The van der Waals surface area contributed by atoms with E-state index < -0.39 is 0 Å². The van der Waals surface area contributed by atoms with Gasteiger partial charge in [0.1, 0.15) is 17.2 Å². The second kappa shape index (κ2) is 9.82. The van der Waals surface area contributed by atoms with Crippen LogP contribution in [0.3, 0.4) is 0 Å². The molecule has 0 aliphatic heterocycles. The number of carbonyl (C=O) groups is 1. The minimum atomic E-state index is -0.353. The van der Waals surface area contributed by atoms with Crippen molar-refractivity contribution in [2.24, 2.45) is 5.10 Å². The number of methoxy groups -OCH3 is 3. The van der Waals surface area contributed by atoms with Crippen LogP contribution in [0.5, 0.6) is 17.2 Å². The number of rotatable bonds is 7. The minimum Gasteiger partial charge on any atom is -0.496 e. The van der Waals surface area contributed by atoms with Crippen molar-refractivity contribution in [3.63, 3.8) is 0 Å². The van der Waals surface area contributed by atoms with Crippen molar-refractivity contribution < 1.29 is 19.0 Å². The van der Waals surface area contributed by atoms with Gasteiger partial charge in [0, 0.05) is 23.1 Å². The number of carbonyl (C=O) groups excluding carboxylic acids is 1. The molecule has 0 aliphatic carbocycles. The number of amides is 1. The number of para-hydroxylation sites is 1. The first-order valence-corrected chi connectivity index (χ1v) is 10.2. The van der Waals surface area contributed by atoms with Gasteiger partial charge in [-0.25, -0.2) is 10.4 Å². The zero-order chi connectivity index (χ0) is 23.2. The lowest BCUT2D eigenvalue weighted by molar-refractivity contribution is 0.0956. The molecule has 7 heteroatoms. The fourth-order valence-corrected chi connectivity index (χ4v) is 3.50. The summed E-state index contributed by atoms with van der Waals surface area (Å²) in [5.74, 6) is 1.24. The molecule has 1 amide bonds. The molecule has 1 heterocycles. The molecule has 0 spiro atoms. The number of pyridine rings is 1. The van der Waals surface area contributed by atoms with Gasteiger partial charge < -0.3 is 14.2 Å². The van der Waals surface area contributed by atoms with Crippen molar-refractivity contribution in [1.29, 1.82) is 0 Å². The summed E-state index contributed by atoms with van der Waals surface area (Å²) >= 11 is 0. The van der Waals surface area contributed by atoms with Crippen molar-refractivity contribution >= 4 is 23.0 Å². The average molecular weight is 441 g/mol. The number of ether oxygens (including phenoxy) is 3. The Hall–Kier alpha value is -4.39. The van der Waals surface area contributed by atoms with Crippen molar-refractivity contribution in [3.05, 3.63) is 83.9 Å². The summed E-state index contributed by atoms with van der Waals surface area (Å²) in [6.45, 7) is 0. The predicted octanol–water partition coefficient (Wildman–Crippen LogP) is 4.69. The Morgan fingerprint density at radius 1 is 0.879 bits per heavy atom. The second-order valence-corrected chi connectivity index (χ2v) is 7.08. The van der Waals surface area contributed by atoms with Gasteiger partial charge >= 0.3 is 0 Å². The zero-order valence-electron chi connectivity index (χ0n) is 18.5.